The lowest BCUT2D eigenvalue weighted by Gasteiger charge is -2.11. The number of methoxy groups -OCH3 is 1. The monoisotopic (exact) mass is 462 g/mol. The number of anilines is 1. The van der Waals surface area contributed by atoms with Crippen molar-refractivity contribution >= 4 is 55.2 Å². The van der Waals surface area contributed by atoms with E-state index in [9.17, 15) is 4.79 Å². The molecule has 0 atom stereocenters. The average Bonchev–Trinajstić information content (AvgIpc) is 2.97. The van der Waals surface area contributed by atoms with Crippen LogP contribution in [0, 0.1) is 0 Å². The molecule has 0 radical (unpaired) electrons. The molecule has 0 saturated carbocycles. The quantitative estimate of drug-likeness (QED) is 0.627. The zero-order chi connectivity index (χ0) is 17.0. The molecule has 0 aliphatic carbocycles. The van der Waals surface area contributed by atoms with Crippen molar-refractivity contribution in [3.05, 3.63) is 26.9 Å². The molecule has 23 heavy (non-hydrogen) atoms. The van der Waals surface area contributed by atoms with Crippen LogP contribution in [-0.4, -0.2) is 34.0 Å². The molecule has 1 amide bonds. The van der Waals surface area contributed by atoms with Gasteiger partial charge in [0.25, 0.3) is 0 Å². The van der Waals surface area contributed by atoms with Gasteiger partial charge in [-0.3, -0.25) is 9.89 Å². The molecule has 9 heteroatoms. The molecule has 0 unspecified atom stereocenters. The zero-order valence-corrected chi connectivity index (χ0v) is 16.8. The summed E-state index contributed by atoms with van der Waals surface area (Å²) in [4.78, 5) is 16.4. The molecule has 1 heterocycles. The minimum atomic E-state index is -0.141. The van der Waals surface area contributed by atoms with Gasteiger partial charge in [-0.2, -0.15) is 0 Å². The topological polar surface area (TPSA) is 79.9 Å². The zero-order valence-electron chi connectivity index (χ0n) is 12.8. The van der Waals surface area contributed by atoms with Crippen LogP contribution in [0.2, 0.25) is 0 Å². The van der Waals surface area contributed by atoms with Crippen molar-refractivity contribution in [2.45, 2.75) is 24.9 Å². The van der Waals surface area contributed by atoms with E-state index in [0.717, 1.165) is 14.8 Å². The number of aromatic amines is 1. The average molecular weight is 464 g/mol. The van der Waals surface area contributed by atoms with E-state index < -0.39 is 0 Å². The number of benzene rings is 1. The van der Waals surface area contributed by atoms with E-state index in [1.807, 2.05) is 13.8 Å². The van der Waals surface area contributed by atoms with Crippen LogP contribution in [0.3, 0.4) is 0 Å². The molecule has 2 N–H and O–H groups in total. The predicted octanol–water partition coefficient (Wildman–Crippen LogP) is 4.19. The molecule has 1 aromatic carbocycles. The Bertz CT molecular complexity index is 683. The highest BCUT2D eigenvalue weighted by Gasteiger charge is 2.13. The molecule has 0 aliphatic rings. The van der Waals surface area contributed by atoms with E-state index in [1.54, 1.807) is 19.2 Å². The fourth-order valence-corrected chi connectivity index (χ4v) is 3.62. The number of carbonyl (C=O) groups excluding carboxylic acids is 1. The Kier molecular flexibility index (Phi) is 6.49. The standard InChI is InChI=1S/C14H16Br2N4O2S/c1-7(2)13-18-14(20-19-13)23-6-11(21)17-12-9(15)4-8(22-3)5-10(12)16/h4-5,7H,6H2,1-3H3,(H,17,21)(H,18,19,20). The molecule has 2 aromatic rings. The van der Waals surface area contributed by atoms with Gasteiger partial charge in [0.2, 0.25) is 11.1 Å². The summed E-state index contributed by atoms with van der Waals surface area (Å²) in [6.07, 6.45) is 0. The Morgan fingerprint density at radius 3 is 2.57 bits per heavy atom. The first-order chi connectivity index (χ1) is 10.9. The first-order valence-electron chi connectivity index (χ1n) is 6.78. The number of amides is 1. The van der Waals surface area contributed by atoms with Crippen molar-refractivity contribution in [2.75, 3.05) is 18.2 Å². The Balaban J connectivity index is 1.97. The van der Waals surface area contributed by atoms with Gasteiger partial charge in [-0.1, -0.05) is 25.6 Å². The van der Waals surface area contributed by atoms with E-state index in [1.165, 1.54) is 11.8 Å². The van der Waals surface area contributed by atoms with Gasteiger partial charge in [-0.15, -0.1) is 5.10 Å². The van der Waals surface area contributed by atoms with Crippen LogP contribution in [-0.2, 0) is 4.79 Å². The second kappa shape index (κ2) is 8.16. The van der Waals surface area contributed by atoms with Gasteiger partial charge in [0.15, 0.2) is 0 Å². The molecule has 0 fully saturated rings. The Morgan fingerprint density at radius 2 is 2.04 bits per heavy atom. The maximum absolute atomic E-state index is 12.1. The predicted molar refractivity (Wildman–Crippen MR) is 98.2 cm³/mol. The minimum Gasteiger partial charge on any atom is -0.497 e. The summed E-state index contributed by atoms with van der Waals surface area (Å²) >= 11 is 8.13. The van der Waals surface area contributed by atoms with Crippen LogP contribution in [0.15, 0.2) is 26.2 Å². The van der Waals surface area contributed by atoms with Crippen LogP contribution in [0.4, 0.5) is 5.69 Å². The number of aromatic nitrogens is 3. The molecule has 0 bridgehead atoms. The Labute approximate surface area is 155 Å². The second-order valence-corrected chi connectivity index (χ2v) is 7.61. The number of hydrogen-bond acceptors (Lipinski definition) is 5. The fraction of sp³-hybridized carbons (Fsp3) is 0.357. The number of H-pyrrole nitrogens is 1. The second-order valence-electron chi connectivity index (χ2n) is 4.96. The maximum atomic E-state index is 12.1. The van der Waals surface area contributed by atoms with Crippen LogP contribution < -0.4 is 10.1 Å². The fourth-order valence-electron chi connectivity index (χ4n) is 1.67. The maximum Gasteiger partial charge on any atom is 0.234 e. The molecular weight excluding hydrogens is 448 g/mol. The summed E-state index contributed by atoms with van der Waals surface area (Å²) in [6, 6.07) is 3.58. The number of nitrogens with zero attached hydrogens (tertiary/aromatic N) is 2. The van der Waals surface area contributed by atoms with Crippen molar-refractivity contribution in [1.29, 1.82) is 0 Å². The first-order valence-corrected chi connectivity index (χ1v) is 9.35. The van der Waals surface area contributed by atoms with Crippen LogP contribution in [0.5, 0.6) is 5.75 Å². The van der Waals surface area contributed by atoms with E-state index >= 15 is 0 Å². The van der Waals surface area contributed by atoms with E-state index in [2.05, 4.69) is 52.4 Å². The number of rotatable bonds is 6. The summed E-state index contributed by atoms with van der Waals surface area (Å²) < 4.78 is 6.64. The van der Waals surface area contributed by atoms with Gasteiger partial charge < -0.3 is 10.1 Å². The number of carbonyl (C=O) groups is 1. The third-order valence-electron chi connectivity index (χ3n) is 2.88. The number of thioether (sulfide) groups is 1. The third kappa shape index (κ3) is 4.95. The Hall–Kier alpha value is -1.06. The minimum absolute atomic E-state index is 0.141. The van der Waals surface area contributed by atoms with Crippen molar-refractivity contribution < 1.29 is 9.53 Å². The number of ether oxygens (including phenoxy) is 1. The van der Waals surface area contributed by atoms with Crippen LogP contribution in [0.25, 0.3) is 0 Å². The van der Waals surface area contributed by atoms with E-state index in [-0.39, 0.29) is 17.6 Å². The van der Waals surface area contributed by atoms with Gasteiger partial charge in [-0.25, -0.2) is 4.98 Å². The highest BCUT2D eigenvalue weighted by molar-refractivity contribution is 9.11. The van der Waals surface area contributed by atoms with Gasteiger partial charge in [0, 0.05) is 14.9 Å². The van der Waals surface area contributed by atoms with Gasteiger partial charge in [-0.05, 0) is 44.0 Å². The van der Waals surface area contributed by atoms with E-state index in [0.29, 0.717) is 16.6 Å². The van der Waals surface area contributed by atoms with Gasteiger partial charge in [0.05, 0.1) is 18.6 Å². The Morgan fingerprint density at radius 1 is 1.39 bits per heavy atom. The first kappa shape index (κ1) is 18.3. The summed E-state index contributed by atoms with van der Waals surface area (Å²) in [5.41, 5.74) is 0.661. The van der Waals surface area contributed by atoms with Gasteiger partial charge in [0.1, 0.15) is 11.6 Å². The lowest BCUT2D eigenvalue weighted by atomic mass is 10.2. The van der Waals surface area contributed by atoms with Gasteiger partial charge >= 0.3 is 0 Å². The molecule has 6 nitrogen and oxygen atoms in total. The van der Waals surface area contributed by atoms with E-state index in [4.69, 9.17) is 4.74 Å². The summed E-state index contributed by atoms with van der Waals surface area (Å²) in [5, 5.41) is 10.4. The van der Waals surface area contributed by atoms with Crippen LogP contribution in [0.1, 0.15) is 25.6 Å². The van der Waals surface area contributed by atoms with Crippen LogP contribution >= 0.6 is 43.6 Å². The van der Waals surface area contributed by atoms with Crippen molar-refractivity contribution in [1.82, 2.24) is 15.2 Å². The lowest BCUT2D eigenvalue weighted by Crippen LogP contribution is -2.15. The molecule has 2 rings (SSSR count). The van der Waals surface area contributed by atoms with Crippen molar-refractivity contribution in [3.63, 3.8) is 0 Å². The highest BCUT2D eigenvalue weighted by Crippen LogP contribution is 2.35. The summed E-state index contributed by atoms with van der Waals surface area (Å²) in [6.45, 7) is 4.06. The molecule has 0 saturated heterocycles. The molecular formula is C14H16Br2N4O2S. The SMILES string of the molecule is COc1cc(Br)c(NC(=O)CSc2n[nH]c(C(C)C)n2)c(Br)c1. The third-order valence-corrected chi connectivity index (χ3v) is 4.98. The number of nitrogens with one attached hydrogen (secondary N) is 2. The molecule has 0 aliphatic heterocycles. The smallest absolute Gasteiger partial charge is 0.234 e. The van der Waals surface area contributed by atoms with Crippen molar-refractivity contribution in [3.8, 4) is 5.75 Å². The summed E-state index contributed by atoms with van der Waals surface area (Å²) in [7, 11) is 1.59. The molecule has 0 spiro atoms. The normalized spacial score (nSPS) is 10.9. The highest BCUT2D eigenvalue weighted by atomic mass is 79.9. The molecule has 1 aromatic heterocycles. The molecule has 124 valence electrons. The largest absolute Gasteiger partial charge is 0.497 e. The summed E-state index contributed by atoms with van der Waals surface area (Å²) in [5.74, 6) is 1.86. The number of hydrogen-bond donors (Lipinski definition) is 2. The number of halogens is 2. The van der Waals surface area contributed by atoms with Crippen molar-refractivity contribution in [2.24, 2.45) is 0 Å². The lowest BCUT2D eigenvalue weighted by molar-refractivity contribution is -0.113.